The van der Waals surface area contributed by atoms with Crippen molar-refractivity contribution in [1.29, 1.82) is 0 Å². The standard InChI is InChI=1S/C26H25N3O8/c1-34-20-10-7-16(11-21(20)35-2)25-19-14-23(37-4)22(36-3)12-17(19)13-24(30)28(25)27-26(31)15-5-8-18(9-6-15)29(32)33/h5-12,14,25H,13H2,1-4H3,(H,27,31)/t25-/m1/s1. The van der Waals surface area contributed by atoms with Gasteiger partial charge in [0.05, 0.1) is 39.8 Å². The number of methoxy groups -OCH3 is 4. The molecule has 3 aromatic rings. The summed E-state index contributed by atoms with van der Waals surface area (Å²) >= 11 is 0. The lowest BCUT2D eigenvalue weighted by Gasteiger charge is -2.37. The Morgan fingerprint density at radius 3 is 2.08 bits per heavy atom. The van der Waals surface area contributed by atoms with Crippen LogP contribution in [0.4, 0.5) is 5.69 Å². The van der Waals surface area contributed by atoms with Gasteiger partial charge in [-0.2, -0.15) is 0 Å². The molecule has 11 heteroatoms. The molecule has 1 heterocycles. The zero-order chi connectivity index (χ0) is 26.7. The topological polar surface area (TPSA) is 129 Å². The van der Waals surface area contributed by atoms with Gasteiger partial charge in [0.2, 0.25) is 5.91 Å². The van der Waals surface area contributed by atoms with E-state index in [2.05, 4.69) is 5.43 Å². The largest absolute Gasteiger partial charge is 0.493 e. The molecule has 3 aromatic carbocycles. The molecule has 0 unspecified atom stereocenters. The molecule has 0 radical (unpaired) electrons. The van der Waals surface area contributed by atoms with E-state index in [1.165, 1.54) is 57.7 Å². The van der Waals surface area contributed by atoms with E-state index >= 15 is 0 Å². The quantitative estimate of drug-likeness (QED) is 0.363. The first-order valence-corrected chi connectivity index (χ1v) is 11.2. The average Bonchev–Trinajstić information content (AvgIpc) is 2.92. The first kappa shape index (κ1) is 25.3. The number of nitrogens with one attached hydrogen (secondary N) is 1. The third-order valence-electron chi connectivity index (χ3n) is 6.09. The number of benzene rings is 3. The van der Waals surface area contributed by atoms with Gasteiger partial charge in [0.1, 0.15) is 6.04 Å². The fraction of sp³-hybridized carbons (Fsp3) is 0.231. The summed E-state index contributed by atoms with van der Waals surface area (Å²) in [6.45, 7) is 0. The Morgan fingerprint density at radius 1 is 0.892 bits per heavy atom. The maximum absolute atomic E-state index is 13.4. The Bertz CT molecular complexity index is 1360. The molecule has 1 aliphatic rings. The number of non-ortho nitro benzene ring substituents is 1. The van der Waals surface area contributed by atoms with Crippen LogP contribution in [0.5, 0.6) is 23.0 Å². The molecule has 0 bridgehead atoms. The van der Waals surface area contributed by atoms with Gasteiger partial charge in [-0.25, -0.2) is 5.01 Å². The Morgan fingerprint density at radius 2 is 1.49 bits per heavy atom. The first-order valence-electron chi connectivity index (χ1n) is 11.2. The molecule has 0 aromatic heterocycles. The highest BCUT2D eigenvalue weighted by Crippen LogP contribution is 2.42. The van der Waals surface area contributed by atoms with E-state index in [1.54, 1.807) is 30.3 Å². The fourth-order valence-corrected chi connectivity index (χ4v) is 4.26. The van der Waals surface area contributed by atoms with Gasteiger partial charge >= 0.3 is 0 Å². The number of carbonyl (C=O) groups excluding carboxylic acids is 2. The Kier molecular flexibility index (Phi) is 7.14. The van der Waals surface area contributed by atoms with Crippen molar-refractivity contribution in [2.24, 2.45) is 0 Å². The van der Waals surface area contributed by atoms with Crippen molar-refractivity contribution in [3.8, 4) is 23.0 Å². The monoisotopic (exact) mass is 507 g/mol. The number of hydrogen-bond acceptors (Lipinski definition) is 8. The SMILES string of the molecule is COc1ccc([C@@H]2c3cc(OC)c(OC)cc3CC(=O)N2NC(=O)c2ccc([N+](=O)[O-])cc2)cc1OC. The average molecular weight is 507 g/mol. The summed E-state index contributed by atoms with van der Waals surface area (Å²) in [7, 11) is 6.05. The van der Waals surface area contributed by atoms with Crippen molar-refractivity contribution in [3.63, 3.8) is 0 Å². The second-order valence-corrected chi connectivity index (χ2v) is 8.11. The van der Waals surface area contributed by atoms with Crippen molar-refractivity contribution in [1.82, 2.24) is 10.4 Å². The maximum atomic E-state index is 13.4. The summed E-state index contributed by atoms with van der Waals surface area (Å²) in [5, 5.41) is 12.2. The summed E-state index contributed by atoms with van der Waals surface area (Å²) in [6, 6.07) is 13.1. The number of carbonyl (C=O) groups is 2. The summed E-state index contributed by atoms with van der Waals surface area (Å²) < 4.78 is 21.7. The van der Waals surface area contributed by atoms with Gasteiger partial charge in [0.25, 0.3) is 11.6 Å². The van der Waals surface area contributed by atoms with Gasteiger partial charge in [-0.3, -0.25) is 25.1 Å². The number of fused-ring (bicyclic) bond motifs is 1. The van der Waals surface area contributed by atoms with Crippen LogP contribution in [0.2, 0.25) is 0 Å². The lowest BCUT2D eigenvalue weighted by Crippen LogP contribution is -2.51. The molecule has 1 N–H and O–H groups in total. The third-order valence-corrected chi connectivity index (χ3v) is 6.09. The molecule has 0 saturated carbocycles. The van der Waals surface area contributed by atoms with Crippen molar-refractivity contribution < 1.29 is 33.5 Å². The second-order valence-electron chi connectivity index (χ2n) is 8.11. The van der Waals surface area contributed by atoms with E-state index < -0.39 is 16.9 Å². The number of amides is 2. The summed E-state index contributed by atoms with van der Waals surface area (Å²) in [6.07, 6.45) is 0.0000185. The van der Waals surface area contributed by atoms with Crippen LogP contribution in [0, 0.1) is 10.1 Å². The normalized spacial score (nSPS) is 14.4. The van der Waals surface area contributed by atoms with Gasteiger partial charge < -0.3 is 18.9 Å². The van der Waals surface area contributed by atoms with Crippen LogP contribution in [0.1, 0.15) is 33.1 Å². The second kappa shape index (κ2) is 10.4. The van der Waals surface area contributed by atoms with Gasteiger partial charge in [0, 0.05) is 17.7 Å². The molecule has 0 fully saturated rings. The van der Waals surface area contributed by atoms with E-state index in [1.807, 2.05) is 0 Å². The maximum Gasteiger partial charge on any atom is 0.269 e. The molecule has 0 aliphatic carbocycles. The van der Waals surface area contributed by atoms with Crippen LogP contribution >= 0.6 is 0 Å². The van der Waals surface area contributed by atoms with Crippen LogP contribution in [-0.4, -0.2) is 50.2 Å². The molecule has 4 rings (SSSR count). The van der Waals surface area contributed by atoms with Crippen LogP contribution < -0.4 is 24.4 Å². The minimum atomic E-state index is -0.752. The van der Waals surface area contributed by atoms with E-state index in [0.717, 1.165) is 0 Å². The Labute approximate surface area is 212 Å². The van der Waals surface area contributed by atoms with Gasteiger partial charge in [-0.05, 0) is 53.1 Å². The highest BCUT2D eigenvalue weighted by molar-refractivity contribution is 5.96. The predicted octanol–water partition coefficient (Wildman–Crippen LogP) is 3.45. The molecule has 1 aliphatic heterocycles. The Hall–Kier alpha value is -4.80. The third kappa shape index (κ3) is 4.83. The van der Waals surface area contributed by atoms with Gasteiger partial charge in [-0.1, -0.05) is 6.07 Å². The molecule has 11 nitrogen and oxygen atoms in total. The number of ether oxygens (including phenoxy) is 4. The van der Waals surface area contributed by atoms with Crippen LogP contribution in [0.3, 0.4) is 0 Å². The van der Waals surface area contributed by atoms with Crippen molar-refractivity contribution in [3.05, 3.63) is 87.0 Å². The summed E-state index contributed by atoms with van der Waals surface area (Å²) in [4.78, 5) is 36.9. The first-order chi connectivity index (χ1) is 17.8. The number of hydrogen-bond donors (Lipinski definition) is 1. The predicted molar refractivity (Wildman–Crippen MR) is 132 cm³/mol. The summed E-state index contributed by atoms with van der Waals surface area (Å²) in [5.41, 5.74) is 4.76. The molecule has 2 amide bonds. The van der Waals surface area contributed by atoms with Gasteiger partial charge in [0.15, 0.2) is 23.0 Å². The number of nitro groups is 1. The van der Waals surface area contributed by atoms with Crippen LogP contribution in [-0.2, 0) is 11.2 Å². The summed E-state index contributed by atoms with van der Waals surface area (Å²) in [5.74, 6) is 0.919. The van der Waals surface area contributed by atoms with Crippen molar-refractivity contribution in [2.75, 3.05) is 28.4 Å². The highest BCUT2D eigenvalue weighted by atomic mass is 16.6. The minimum absolute atomic E-state index is 0.0000185. The van der Waals surface area contributed by atoms with E-state index in [9.17, 15) is 19.7 Å². The van der Waals surface area contributed by atoms with E-state index in [-0.39, 0.29) is 23.6 Å². The van der Waals surface area contributed by atoms with E-state index in [0.29, 0.717) is 39.7 Å². The van der Waals surface area contributed by atoms with E-state index in [4.69, 9.17) is 18.9 Å². The minimum Gasteiger partial charge on any atom is -0.493 e. The smallest absolute Gasteiger partial charge is 0.269 e. The molecular weight excluding hydrogens is 482 g/mol. The molecule has 192 valence electrons. The number of nitro benzene ring substituents is 1. The van der Waals surface area contributed by atoms with Crippen molar-refractivity contribution in [2.45, 2.75) is 12.5 Å². The molecule has 1 atom stereocenters. The lowest BCUT2D eigenvalue weighted by atomic mass is 9.88. The molecule has 37 heavy (non-hydrogen) atoms. The molecule has 0 saturated heterocycles. The van der Waals surface area contributed by atoms with Crippen LogP contribution in [0.25, 0.3) is 0 Å². The number of nitrogens with zero attached hydrogens (tertiary/aromatic N) is 2. The molecule has 0 spiro atoms. The highest BCUT2D eigenvalue weighted by Gasteiger charge is 2.37. The number of rotatable bonds is 8. The lowest BCUT2D eigenvalue weighted by molar-refractivity contribution is -0.384. The number of hydrazine groups is 1. The van der Waals surface area contributed by atoms with Crippen molar-refractivity contribution >= 4 is 17.5 Å². The molecular formula is C26H25N3O8. The van der Waals surface area contributed by atoms with Crippen LogP contribution in [0.15, 0.2) is 54.6 Å². The zero-order valence-electron chi connectivity index (χ0n) is 20.6. The zero-order valence-corrected chi connectivity index (χ0v) is 20.6. The Balaban J connectivity index is 1.81. The van der Waals surface area contributed by atoms with Gasteiger partial charge in [-0.15, -0.1) is 0 Å². The fourth-order valence-electron chi connectivity index (χ4n) is 4.26.